The Morgan fingerprint density at radius 1 is 1.18 bits per heavy atom. The fraction of sp³-hybridized carbons (Fsp3) is 0.480. The van der Waals surface area contributed by atoms with E-state index in [0.717, 1.165) is 48.6 Å². The molecule has 8 heteroatoms. The molecular weight excluding hydrogens is 449 g/mol. The topological polar surface area (TPSA) is 44.9 Å². The lowest BCUT2D eigenvalue weighted by Gasteiger charge is -2.26. The number of halogens is 3. The highest BCUT2D eigenvalue weighted by molar-refractivity contribution is 8.00. The van der Waals surface area contributed by atoms with Crippen molar-refractivity contribution >= 4 is 29.0 Å². The first-order chi connectivity index (χ1) is 15.6. The number of amides is 1. The van der Waals surface area contributed by atoms with Crippen LogP contribution >= 0.6 is 11.8 Å². The van der Waals surface area contributed by atoms with Crippen LogP contribution < -0.4 is 10.2 Å². The number of rotatable bonds is 7. The van der Waals surface area contributed by atoms with Crippen LogP contribution in [0.4, 0.5) is 24.5 Å². The fourth-order valence-corrected chi connectivity index (χ4v) is 6.25. The van der Waals surface area contributed by atoms with Gasteiger partial charge in [-0.1, -0.05) is 6.92 Å². The minimum atomic E-state index is -1.56. The molecule has 1 N–H and O–H groups in total. The molecule has 0 spiro atoms. The van der Waals surface area contributed by atoms with Crippen LogP contribution in [0.25, 0.3) is 0 Å². The van der Waals surface area contributed by atoms with Crippen molar-refractivity contribution in [1.82, 2.24) is 0 Å². The number of carbonyl (C=O) groups excluding carboxylic acids is 1. The number of hydrogen-bond donors (Lipinski definition) is 1. The van der Waals surface area contributed by atoms with Crippen molar-refractivity contribution in [2.24, 2.45) is 11.8 Å². The van der Waals surface area contributed by atoms with E-state index in [1.54, 1.807) is 17.8 Å². The van der Waals surface area contributed by atoms with E-state index < -0.39 is 23.4 Å². The van der Waals surface area contributed by atoms with Gasteiger partial charge in [-0.3, -0.25) is 4.79 Å². The third-order valence-corrected chi connectivity index (χ3v) is 8.26. The Balaban J connectivity index is 1.57. The number of benzene rings is 2. The number of carbonyl (C=O) groups is 1. The molecular formula is C25H29F3N2O2S. The summed E-state index contributed by atoms with van der Waals surface area (Å²) in [7, 11) is 3.91. The second-order valence-corrected chi connectivity index (χ2v) is 10.8. The third kappa shape index (κ3) is 5.32. The molecule has 0 aromatic heterocycles. The van der Waals surface area contributed by atoms with Crippen LogP contribution in [0.5, 0.6) is 0 Å². The fourth-order valence-electron chi connectivity index (χ4n) is 4.59. The molecule has 0 bridgehead atoms. The molecule has 0 radical (unpaired) electrons. The molecule has 3 unspecified atom stereocenters. The first-order valence-electron chi connectivity index (χ1n) is 11.1. The number of nitrogens with zero attached hydrogens (tertiary/aromatic N) is 1. The van der Waals surface area contributed by atoms with E-state index >= 15 is 0 Å². The minimum absolute atomic E-state index is 0.000640. The summed E-state index contributed by atoms with van der Waals surface area (Å²) in [4.78, 5) is 15.8. The molecule has 4 atom stereocenters. The van der Waals surface area contributed by atoms with Gasteiger partial charge in [0.1, 0.15) is 0 Å². The van der Waals surface area contributed by atoms with Crippen molar-refractivity contribution in [2.45, 2.75) is 48.9 Å². The number of anilines is 2. The molecule has 1 heterocycles. The monoisotopic (exact) mass is 478 g/mol. The Bertz CT molecular complexity index is 1030. The Hall–Kier alpha value is -2.19. The lowest BCUT2D eigenvalue weighted by Crippen LogP contribution is -2.22. The van der Waals surface area contributed by atoms with E-state index in [1.807, 2.05) is 31.1 Å². The zero-order valence-electron chi connectivity index (χ0n) is 19.3. The van der Waals surface area contributed by atoms with Gasteiger partial charge in [0.2, 0.25) is 0 Å². The molecule has 1 aliphatic carbocycles. The van der Waals surface area contributed by atoms with E-state index in [-0.39, 0.29) is 11.3 Å². The highest BCUT2D eigenvalue weighted by atomic mass is 32.2. The Kier molecular flexibility index (Phi) is 6.69. The molecule has 1 saturated carbocycles. The number of nitrogens with one attached hydrogen (secondary N) is 1. The van der Waals surface area contributed by atoms with Crippen molar-refractivity contribution in [3.8, 4) is 0 Å². The van der Waals surface area contributed by atoms with Gasteiger partial charge in [0.15, 0.2) is 17.5 Å². The Labute approximate surface area is 196 Å². The summed E-state index contributed by atoms with van der Waals surface area (Å²) in [5.74, 6) is -3.69. The van der Waals surface area contributed by atoms with Crippen LogP contribution in [0.2, 0.25) is 0 Å². The van der Waals surface area contributed by atoms with Crippen LogP contribution in [-0.2, 0) is 4.74 Å². The van der Waals surface area contributed by atoms with E-state index in [9.17, 15) is 18.0 Å². The number of thioether (sulfide) groups is 1. The third-order valence-electron chi connectivity index (χ3n) is 6.56. The molecule has 2 aromatic carbocycles. The van der Waals surface area contributed by atoms with E-state index in [4.69, 9.17) is 4.74 Å². The van der Waals surface area contributed by atoms with Crippen molar-refractivity contribution in [1.29, 1.82) is 0 Å². The average molecular weight is 479 g/mol. The van der Waals surface area contributed by atoms with Gasteiger partial charge in [-0.05, 0) is 56.2 Å². The van der Waals surface area contributed by atoms with Crippen LogP contribution in [0.1, 0.15) is 43.5 Å². The first-order valence-corrected chi connectivity index (χ1v) is 12.0. The van der Waals surface area contributed by atoms with Gasteiger partial charge >= 0.3 is 0 Å². The van der Waals surface area contributed by atoms with Gasteiger partial charge in [-0.15, -0.1) is 11.8 Å². The number of ether oxygens (including phenoxy) is 1. The van der Waals surface area contributed by atoms with Gasteiger partial charge in [-0.25, -0.2) is 13.2 Å². The molecule has 4 nitrogen and oxygen atoms in total. The second kappa shape index (κ2) is 9.22. The summed E-state index contributed by atoms with van der Waals surface area (Å²) in [5.41, 5.74) is 1.24. The Morgan fingerprint density at radius 3 is 2.45 bits per heavy atom. The van der Waals surface area contributed by atoms with Gasteiger partial charge in [0.25, 0.3) is 5.91 Å². The molecule has 1 aliphatic heterocycles. The maximum atomic E-state index is 13.5. The largest absolute Gasteiger partial charge is 0.377 e. The summed E-state index contributed by atoms with van der Waals surface area (Å²) in [6.07, 6.45) is 3.36. The molecule has 2 fully saturated rings. The summed E-state index contributed by atoms with van der Waals surface area (Å²) in [6.45, 7) is 5.25. The number of hydrogen-bond acceptors (Lipinski definition) is 4. The standard InChI is InChI=1S/C25H29F3N2O2S/c1-14-5-6-16(12-25(2)13-32-25)23(14)33-21-9-15(7-8-20(21)30(3)4)24(31)29-17-10-18(26)22(28)19(27)11-17/h7-11,14,16,23H,5-6,12-13H2,1-4H3,(H,29,31)/t14?,16?,23?,25-/m0/s1. The molecule has 1 saturated heterocycles. The van der Waals surface area contributed by atoms with Crippen molar-refractivity contribution in [3.63, 3.8) is 0 Å². The van der Waals surface area contributed by atoms with E-state index in [1.165, 1.54) is 0 Å². The van der Waals surface area contributed by atoms with Crippen molar-refractivity contribution in [3.05, 3.63) is 53.3 Å². The van der Waals surface area contributed by atoms with Gasteiger partial charge < -0.3 is 15.0 Å². The van der Waals surface area contributed by atoms with Crippen LogP contribution in [0.15, 0.2) is 35.2 Å². The van der Waals surface area contributed by atoms with Gasteiger partial charge in [0, 0.05) is 53.3 Å². The van der Waals surface area contributed by atoms with E-state index in [0.29, 0.717) is 22.6 Å². The summed E-state index contributed by atoms with van der Waals surface area (Å²) in [5, 5.41) is 2.87. The number of epoxide rings is 1. The maximum absolute atomic E-state index is 13.5. The van der Waals surface area contributed by atoms with Crippen LogP contribution in [-0.4, -0.2) is 37.5 Å². The van der Waals surface area contributed by atoms with Crippen molar-refractivity contribution in [2.75, 3.05) is 30.9 Å². The first kappa shape index (κ1) is 24.0. The van der Waals surface area contributed by atoms with Crippen LogP contribution in [0, 0.1) is 29.3 Å². The average Bonchev–Trinajstić information content (AvgIpc) is 3.40. The second-order valence-electron chi connectivity index (χ2n) is 9.62. The molecule has 2 aliphatic rings. The molecule has 1 amide bonds. The van der Waals surface area contributed by atoms with Gasteiger partial charge in [0.05, 0.1) is 12.2 Å². The lowest BCUT2D eigenvalue weighted by molar-refractivity contribution is 0.102. The SMILES string of the molecule is CC1CCC(C[C@@]2(C)CO2)C1Sc1cc(C(=O)Nc2cc(F)c(F)c(F)c2)ccc1N(C)C. The highest BCUT2D eigenvalue weighted by Gasteiger charge is 2.45. The highest BCUT2D eigenvalue weighted by Crippen LogP contribution is 2.49. The normalized spacial score (nSPS) is 26.3. The van der Waals surface area contributed by atoms with Crippen molar-refractivity contribution < 1.29 is 22.7 Å². The summed E-state index contributed by atoms with van der Waals surface area (Å²) >= 11 is 1.79. The quantitative estimate of drug-likeness (QED) is 0.385. The lowest BCUT2D eigenvalue weighted by atomic mass is 9.94. The zero-order valence-corrected chi connectivity index (χ0v) is 20.1. The molecule has 4 rings (SSSR count). The smallest absolute Gasteiger partial charge is 0.255 e. The molecule has 2 aromatic rings. The van der Waals surface area contributed by atoms with Gasteiger partial charge in [-0.2, -0.15) is 0 Å². The Morgan fingerprint density at radius 2 is 1.85 bits per heavy atom. The maximum Gasteiger partial charge on any atom is 0.255 e. The van der Waals surface area contributed by atoms with Crippen LogP contribution in [0.3, 0.4) is 0 Å². The summed E-state index contributed by atoms with van der Waals surface area (Å²) < 4.78 is 45.9. The predicted molar refractivity (Wildman–Crippen MR) is 126 cm³/mol. The molecule has 178 valence electrons. The van der Waals surface area contributed by atoms with E-state index in [2.05, 4.69) is 19.2 Å². The zero-order chi connectivity index (χ0) is 23.9. The summed E-state index contributed by atoms with van der Waals surface area (Å²) in [6, 6.07) is 6.92. The minimum Gasteiger partial charge on any atom is -0.377 e. The molecule has 33 heavy (non-hydrogen) atoms. The predicted octanol–water partition coefficient (Wildman–Crippen LogP) is 6.11.